The van der Waals surface area contributed by atoms with E-state index in [0.717, 1.165) is 59.4 Å². The number of aromatic nitrogens is 3. The van der Waals surface area contributed by atoms with Crippen molar-refractivity contribution in [3.8, 4) is 22.5 Å². The summed E-state index contributed by atoms with van der Waals surface area (Å²) in [7, 11) is 0.118. The average molecular weight is 566 g/mol. The lowest BCUT2D eigenvalue weighted by atomic mass is 9.95. The van der Waals surface area contributed by atoms with Gasteiger partial charge in [0.2, 0.25) is 11.8 Å². The van der Waals surface area contributed by atoms with Crippen molar-refractivity contribution in [2.45, 2.75) is 71.9 Å². The first-order valence-corrected chi connectivity index (χ1v) is 15.0. The lowest BCUT2D eigenvalue weighted by molar-refractivity contribution is -0.125. The predicted octanol–water partition coefficient (Wildman–Crippen LogP) is 6.06. The van der Waals surface area contributed by atoms with E-state index in [9.17, 15) is 9.59 Å². The van der Waals surface area contributed by atoms with Crippen LogP contribution in [0.1, 0.15) is 70.9 Å². The first-order valence-electron chi connectivity index (χ1n) is 14.2. The number of carbonyl (C=O) groups is 2. The van der Waals surface area contributed by atoms with E-state index in [1.807, 2.05) is 60.1 Å². The van der Waals surface area contributed by atoms with Gasteiger partial charge in [-0.2, -0.15) is 0 Å². The highest BCUT2D eigenvalue weighted by molar-refractivity contribution is 7.26. The van der Waals surface area contributed by atoms with Crippen LogP contribution in [0.4, 0.5) is 5.69 Å². The fourth-order valence-electron chi connectivity index (χ4n) is 4.83. The number of nitrogens with one attached hydrogen (secondary N) is 1. The number of carbonyl (C=O) groups excluding carboxylic acids is 2. The fourth-order valence-corrected chi connectivity index (χ4v) is 5.26. The van der Waals surface area contributed by atoms with Gasteiger partial charge in [0.25, 0.3) is 0 Å². The van der Waals surface area contributed by atoms with Gasteiger partial charge in [-0.3, -0.25) is 9.59 Å². The van der Waals surface area contributed by atoms with E-state index in [0.29, 0.717) is 26.3 Å². The van der Waals surface area contributed by atoms with Crippen LogP contribution in [0.5, 0.6) is 0 Å². The number of fused-ring (bicyclic) bond motifs is 5. The zero-order chi connectivity index (χ0) is 28.3. The van der Waals surface area contributed by atoms with Crippen molar-refractivity contribution in [3.63, 3.8) is 0 Å². The van der Waals surface area contributed by atoms with Crippen LogP contribution >= 0.6 is 9.03 Å². The Hall–Kier alpha value is -3.13. The molecular weight excluding hydrogens is 525 g/mol. The summed E-state index contributed by atoms with van der Waals surface area (Å²) < 4.78 is 12.5. The van der Waals surface area contributed by atoms with Crippen molar-refractivity contribution >= 4 is 26.5 Å². The smallest absolute Gasteiger partial charge is 0.227 e. The molecule has 3 aromatic rings. The second-order valence-corrected chi connectivity index (χ2v) is 10.9. The Morgan fingerprint density at radius 3 is 2.52 bits per heavy atom. The van der Waals surface area contributed by atoms with Gasteiger partial charge in [0.05, 0.1) is 31.1 Å². The van der Waals surface area contributed by atoms with E-state index in [1.54, 1.807) is 4.90 Å². The van der Waals surface area contributed by atoms with Crippen LogP contribution in [0.3, 0.4) is 0 Å². The van der Waals surface area contributed by atoms with Crippen molar-refractivity contribution in [2.24, 2.45) is 0 Å². The normalized spacial score (nSPS) is 12.7. The Morgan fingerprint density at radius 1 is 0.975 bits per heavy atom. The second kappa shape index (κ2) is 15.0. The summed E-state index contributed by atoms with van der Waals surface area (Å²) in [6, 6.07) is 16.0. The number of unbranched alkanes of at least 4 members (excludes halogenated alkanes) is 3. The van der Waals surface area contributed by atoms with Crippen molar-refractivity contribution in [1.82, 2.24) is 20.3 Å². The maximum absolute atomic E-state index is 13.6. The number of hydrogen-bond acceptors (Lipinski definition) is 6. The molecule has 0 fully saturated rings. The Bertz CT molecular complexity index is 1280. The van der Waals surface area contributed by atoms with Crippen LogP contribution in [0.15, 0.2) is 48.5 Å². The molecule has 2 heterocycles. The molecule has 9 nitrogen and oxygen atoms in total. The van der Waals surface area contributed by atoms with Gasteiger partial charge >= 0.3 is 0 Å². The SMILES string of the molecule is CCOPOCCCCCCNC(=O)CCC(=O)N1Cc2ccccc2-c2nnn(C(C)C)c2-c2ccccc21. The number of anilines is 1. The van der Waals surface area contributed by atoms with Crippen LogP contribution < -0.4 is 10.2 Å². The zero-order valence-electron chi connectivity index (χ0n) is 23.7. The number of benzene rings is 2. The van der Waals surface area contributed by atoms with E-state index in [1.165, 1.54) is 0 Å². The minimum absolute atomic E-state index is 0.0859. The molecular formula is C30H40N5O4P. The summed E-state index contributed by atoms with van der Waals surface area (Å²) >= 11 is 0. The largest absolute Gasteiger partial charge is 0.356 e. The molecule has 10 heteroatoms. The summed E-state index contributed by atoms with van der Waals surface area (Å²) in [4.78, 5) is 28.0. The summed E-state index contributed by atoms with van der Waals surface area (Å²) in [6.45, 7) is 8.48. The number of nitrogens with zero attached hydrogens (tertiary/aromatic N) is 4. The molecule has 0 spiro atoms. The summed E-state index contributed by atoms with van der Waals surface area (Å²) in [5.41, 5.74) is 5.40. The van der Waals surface area contributed by atoms with Crippen LogP contribution in [-0.4, -0.2) is 46.6 Å². The number of rotatable bonds is 14. The summed E-state index contributed by atoms with van der Waals surface area (Å²) in [5, 5.41) is 12.0. The lowest BCUT2D eigenvalue weighted by Gasteiger charge is -2.29. The molecule has 1 aliphatic rings. The van der Waals surface area contributed by atoms with Crippen molar-refractivity contribution in [1.29, 1.82) is 0 Å². The van der Waals surface area contributed by atoms with Crippen molar-refractivity contribution in [3.05, 3.63) is 54.1 Å². The Morgan fingerprint density at radius 2 is 1.73 bits per heavy atom. The van der Waals surface area contributed by atoms with Gasteiger partial charge < -0.3 is 19.3 Å². The zero-order valence-corrected chi connectivity index (χ0v) is 24.7. The van der Waals surface area contributed by atoms with Gasteiger partial charge in [0.15, 0.2) is 9.03 Å². The number of para-hydroxylation sites is 1. The second-order valence-electron chi connectivity index (χ2n) is 10.1. The van der Waals surface area contributed by atoms with Gasteiger partial charge in [-0.25, -0.2) is 4.68 Å². The van der Waals surface area contributed by atoms with Gasteiger partial charge in [-0.1, -0.05) is 60.5 Å². The molecule has 1 N–H and O–H groups in total. The van der Waals surface area contributed by atoms with E-state index < -0.39 is 0 Å². The monoisotopic (exact) mass is 565 g/mol. The quantitative estimate of drug-likeness (QED) is 0.189. The Balaban J connectivity index is 1.38. The lowest BCUT2D eigenvalue weighted by Crippen LogP contribution is -2.33. The highest BCUT2D eigenvalue weighted by atomic mass is 31.1. The summed E-state index contributed by atoms with van der Waals surface area (Å²) in [5.74, 6) is -0.183. The van der Waals surface area contributed by atoms with Crippen LogP contribution in [-0.2, 0) is 25.2 Å². The molecule has 40 heavy (non-hydrogen) atoms. The molecule has 1 aromatic heterocycles. The van der Waals surface area contributed by atoms with E-state index in [2.05, 4.69) is 29.5 Å². The van der Waals surface area contributed by atoms with Crippen LogP contribution in [0, 0.1) is 0 Å². The third kappa shape index (κ3) is 7.53. The third-order valence-corrected chi connectivity index (χ3v) is 7.59. The van der Waals surface area contributed by atoms with Gasteiger partial charge in [-0.05, 0) is 45.2 Å². The first kappa shape index (κ1) is 29.8. The molecule has 2 amide bonds. The van der Waals surface area contributed by atoms with Crippen LogP contribution in [0.25, 0.3) is 22.5 Å². The molecule has 1 unspecified atom stereocenters. The maximum Gasteiger partial charge on any atom is 0.227 e. The average Bonchev–Trinajstić information content (AvgIpc) is 3.40. The molecule has 214 valence electrons. The third-order valence-electron chi connectivity index (χ3n) is 6.86. The molecule has 0 aliphatic carbocycles. The molecule has 0 saturated heterocycles. The van der Waals surface area contributed by atoms with Crippen molar-refractivity contribution < 1.29 is 18.6 Å². The van der Waals surface area contributed by atoms with E-state index in [4.69, 9.17) is 9.05 Å². The molecule has 4 rings (SSSR count). The van der Waals surface area contributed by atoms with E-state index >= 15 is 0 Å². The minimum atomic E-state index is -0.0975. The summed E-state index contributed by atoms with van der Waals surface area (Å²) in [6.07, 6.45) is 4.25. The molecule has 1 aliphatic heterocycles. The molecule has 1 atom stereocenters. The standard InChI is InChI=1S/C30H40N5O4P/c1-4-38-40-39-20-12-6-5-11-19-31-27(36)17-18-28(37)34-21-23-13-7-8-14-24(23)29-30(35(22(2)3)33-32-29)25-15-9-10-16-26(25)34/h7-10,13-16,22,40H,4-6,11-12,17-21H2,1-3H3,(H,31,36). The first-order chi connectivity index (χ1) is 19.5. The highest BCUT2D eigenvalue weighted by Crippen LogP contribution is 2.42. The molecule has 2 aromatic carbocycles. The topological polar surface area (TPSA) is 98.6 Å². The molecule has 0 bridgehead atoms. The maximum atomic E-state index is 13.6. The van der Waals surface area contributed by atoms with Crippen LogP contribution in [0.2, 0.25) is 0 Å². The molecule has 0 radical (unpaired) electrons. The Kier molecular flexibility index (Phi) is 11.2. The number of hydrogen-bond donors (Lipinski definition) is 1. The minimum Gasteiger partial charge on any atom is -0.356 e. The highest BCUT2D eigenvalue weighted by Gasteiger charge is 2.29. The van der Waals surface area contributed by atoms with Gasteiger partial charge in [0.1, 0.15) is 5.69 Å². The molecule has 0 saturated carbocycles. The van der Waals surface area contributed by atoms with E-state index in [-0.39, 0.29) is 39.7 Å². The van der Waals surface area contributed by atoms with Gasteiger partial charge in [0, 0.05) is 36.6 Å². The fraction of sp³-hybridized carbons (Fsp3) is 0.467. The Labute approximate surface area is 238 Å². The van der Waals surface area contributed by atoms with Crippen molar-refractivity contribution in [2.75, 3.05) is 24.7 Å². The number of amides is 2. The van der Waals surface area contributed by atoms with Gasteiger partial charge in [-0.15, -0.1) is 5.10 Å². The predicted molar refractivity (Wildman–Crippen MR) is 159 cm³/mol.